The van der Waals surface area contributed by atoms with Crippen LogP contribution in [0.25, 0.3) is 16.5 Å². The fourth-order valence-electron chi connectivity index (χ4n) is 4.20. The molecule has 1 aliphatic heterocycles. The minimum atomic E-state index is -0.952. The largest absolute Gasteiger partial charge is 0.507 e. The summed E-state index contributed by atoms with van der Waals surface area (Å²) in [7, 11) is 1.58. The van der Waals surface area contributed by atoms with E-state index in [1.54, 1.807) is 25.3 Å². The van der Waals surface area contributed by atoms with Crippen LogP contribution in [0, 0.1) is 19.7 Å². The minimum absolute atomic E-state index is 0.0695. The monoisotopic (exact) mass is 488 g/mol. The summed E-state index contributed by atoms with van der Waals surface area (Å²) in [6, 6.07) is 15.3. The van der Waals surface area contributed by atoms with E-state index in [1.807, 2.05) is 32.0 Å². The van der Waals surface area contributed by atoms with E-state index < -0.39 is 23.5 Å². The van der Waals surface area contributed by atoms with Crippen LogP contribution < -0.4 is 9.64 Å². The molecule has 0 aliphatic carbocycles. The number of aromatic nitrogens is 1. The molecule has 176 valence electrons. The highest BCUT2D eigenvalue weighted by Gasteiger charge is 2.48. The van der Waals surface area contributed by atoms with E-state index in [0.29, 0.717) is 22.0 Å². The Morgan fingerprint density at radius 3 is 2.37 bits per heavy atom. The fraction of sp³-hybridized carbons (Fsp3) is 0.148. The second-order valence-corrected chi connectivity index (χ2v) is 9.47. The summed E-state index contributed by atoms with van der Waals surface area (Å²) in [6.07, 6.45) is 0. The summed E-state index contributed by atoms with van der Waals surface area (Å²) in [6.45, 7) is 3.70. The highest BCUT2D eigenvalue weighted by molar-refractivity contribution is 7.16. The zero-order valence-electron chi connectivity index (χ0n) is 19.2. The van der Waals surface area contributed by atoms with Crippen molar-refractivity contribution in [3.8, 4) is 5.75 Å². The number of aliphatic hydroxyl groups excluding tert-OH is 1. The van der Waals surface area contributed by atoms with Gasteiger partial charge in [0, 0.05) is 10.4 Å². The number of aliphatic hydroxyl groups is 1. The number of benzene rings is 3. The molecule has 0 spiro atoms. The quantitative estimate of drug-likeness (QED) is 0.227. The molecule has 1 atom stereocenters. The standard InChI is InChI=1S/C27H21FN2O4S/c1-14-15(2)35-27(29-14)30-23(16-6-9-20(28)10-7-16)22(25(32)26(30)33)24(31)19-5-4-18-13-21(34-3)11-8-17(18)12-19/h4-13,23,31H,1-3H3/b24-22+. The summed E-state index contributed by atoms with van der Waals surface area (Å²) in [5.74, 6) is -1.66. The third-order valence-corrected chi connectivity index (χ3v) is 7.25. The van der Waals surface area contributed by atoms with E-state index >= 15 is 0 Å². The Balaban J connectivity index is 1.70. The molecule has 35 heavy (non-hydrogen) atoms. The molecule has 1 fully saturated rings. The van der Waals surface area contributed by atoms with Gasteiger partial charge >= 0.3 is 5.91 Å². The van der Waals surface area contributed by atoms with E-state index in [0.717, 1.165) is 21.3 Å². The summed E-state index contributed by atoms with van der Waals surface area (Å²) < 4.78 is 19.0. The molecule has 0 bridgehead atoms. The maximum atomic E-state index is 13.7. The zero-order chi connectivity index (χ0) is 24.9. The number of hydrogen-bond donors (Lipinski definition) is 1. The van der Waals surface area contributed by atoms with Crippen molar-refractivity contribution in [2.75, 3.05) is 12.0 Å². The second-order valence-electron chi connectivity index (χ2n) is 8.29. The van der Waals surface area contributed by atoms with Crippen LogP contribution >= 0.6 is 11.3 Å². The summed E-state index contributed by atoms with van der Waals surface area (Å²) >= 11 is 1.29. The van der Waals surface area contributed by atoms with Gasteiger partial charge in [-0.2, -0.15) is 0 Å². The van der Waals surface area contributed by atoms with Crippen molar-refractivity contribution >= 4 is 44.7 Å². The van der Waals surface area contributed by atoms with Gasteiger partial charge < -0.3 is 9.84 Å². The number of anilines is 1. The molecule has 6 nitrogen and oxygen atoms in total. The van der Waals surface area contributed by atoms with Crippen molar-refractivity contribution in [1.82, 2.24) is 4.98 Å². The number of carbonyl (C=O) groups is 2. The number of ketones is 1. The Morgan fingerprint density at radius 2 is 1.71 bits per heavy atom. The van der Waals surface area contributed by atoms with E-state index in [4.69, 9.17) is 4.74 Å². The highest BCUT2D eigenvalue weighted by atomic mass is 32.1. The number of aryl methyl sites for hydroxylation is 2. The van der Waals surface area contributed by atoms with Crippen molar-refractivity contribution in [1.29, 1.82) is 0 Å². The lowest BCUT2D eigenvalue weighted by Crippen LogP contribution is -2.29. The van der Waals surface area contributed by atoms with Crippen molar-refractivity contribution in [3.63, 3.8) is 0 Å². The first-order valence-corrected chi connectivity index (χ1v) is 11.7. The Morgan fingerprint density at radius 1 is 1.03 bits per heavy atom. The van der Waals surface area contributed by atoms with Crippen molar-refractivity contribution < 1.29 is 23.8 Å². The van der Waals surface area contributed by atoms with E-state index in [9.17, 15) is 19.1 Å². The smallest absolute Gasteiger partial charge is 0.301 e. The molecular weight excluding hydrogens is 467 g/mol. The van der Waals surface area contributed by atoms with Gasteiger partial charge in [-0.25, -0.2) is 9.37 Å². The molecule has 3 aromatic carbocycles. The normalized spacial score (nSPS) is 17.4. The van der Waals surface area contributed by atoms with E-state index in [1.165, 1.54) is 40.5 Å². The average molecular weight is 489 g/mol. The fourth-order valence-corrected chi connectivity index (χ4v) is 5.14. The van der Waals surface area contributed by atoms with Crippen LogP contribution in [0.4, 0.5) is 9.52 Å². The number of halogens is 1. The summed E-state index contributed by atoms with van der Waals surface area (Å²) in [5, 5.41) is 13.4. The molecule has 1 aliphatic rings. The van der Waals surface area contributed by atoms with Gasteiger partial charge in [0.25, 0.3) is 5.78 Å². The molecule has 1 unspecified atom stereocenters. The van der Waals surface area contributed by atoms with Gasteiger partial charge in [0.2, 0.25) is 0 Å². The number of ether oxygens (including phenoxy) is 1. The zero-order valence-corrected chi connectivity index (χ0v) is 20.0. The van der Waals surface area contributed by atoms with Crippen molar-refractivity contribution in [3.05, 3.63) is 93.8 Å². The molecule has 0 radical (unpaired) electrons. The number of rotatable bonds is 4. The van der Waals surface area contributed by atoms with Crippen LogP contribution in [0.5, 0.6) is 5.75 Å². The Kier molecular flexibility index (Phi) is 5.61. The SMILES string of the molecule is COc1ccc2cc(/C(O)=C3\C(=O)C(=O)N(c4nc(C)c(C)s4)C3c3ccc(F)cc3)ccc2c1. The van der Waals surface area contributed by atoms with E-state index in [-0.39, 0.29) is 11.3 Å². The highest BCUT2D eigenvalue weighted by Crippen LogP contribution is 2.44. The van der Waals surface area contributed by atoms with E-state index in [2.05, 4.69) is 4.98 Å². The van der Waals surface area contributed by atoms with Gasteiger partial charge in [0.05, 0.1) is 24.4 Å². The molecule has 1 amide bonds. The maximum absolute atomic E-state index is 13.7. The van der Waals surface area contributed by atoms with Gasteiger partial charge in [-0.1, -0.05) is 30.3 Å². The lowest BCUT2D eigenvalue weighted by Gasteiger charge is -2.23. The number of fused-ring (bicyclic) bond motifs is 1. The lowest BCUT2D eigenvalue weighted by molar-refractivity contribution is -0.132. The van der Waals surface area contributed by atoms with Gasteiger partial charge in [-0.15, -0.1) is 11.3 Å². The van der Waals surface area contributed by atoms with Crippen LogP contribution in [0.3, 0.4) is 0 Å². The molecule has 8 heteroatoms. The molecule has 0 saturated carbocycles. The molecule has 4 aromatic rings. The maximum Gasteiger partial charge on any atom is 0.301 e. The first kappa shape index (κ1) is 22.7. The van der Waals surface area contributed by atoms with Gasteiger partial charge in [0.15, 0.2) is 5.13 Å². The molecule has 1 saturated heterocycles. The summed E-state index contributed by atoms with van der Waals surface area (Å²) in [4.78, 5) is 33.2. The molecule has 1 aromatic heterocycles. The van der Waals surface area contributed by atoms with Crippen molar-refractivity contribution in [2.45, 2.75) is 19.9 Å². The Hall–Kier alpha value is -4.04. The number of thiazole rings is 1. The van der Waals surface area contributed by atoms with Crippen LogP contribution in [-0.2, 0) is 9.59 Å². The first-order chi connectivity index (χ1) is 16.8. The third kappa shape index (κ3) is 3.85. The predicted molar refractivity (Wildman–Crippen MR) is 133 cm³/mol. The number of methoxy groups -OCH3 is 1. The number of nitrogens with zero attached hydrogens (tertiary/aromatic N) is 2. The summed E-state index contributed by atoms with van der Waals surface area (Å²) in [5.41, 5.74) is 1.55. The number of carbonyl (C=O) groups excluding carboxylic acids is 2. The second kappa shape index (κ2) is 8.63. The molecule has 5 rings (SSSR count). The van der Waals surface area contributed by atoms with Gasteiger partial charge in [-0.05, 0) is 60.5 Å². The Labute approximate surface area is 204 Å². The van der Waals surface area contributed by atoms with Crippen LogP contribution in [0.1, 0.15) is 27.7 Å². The molecule has 2 heterocycles. The third-order valence-electron chi connectivity index (χ3n) is 6.17. The Bertz CT molecular complexity index is 1500. The number of amides is 1. The van der Waals surface area contributed by atoms with Crippen LogP contribution in [-0.4, -0.2) is 28.9 Å². The number of hydrogen-bond acceptors (Lipinski definition) is 6. The van der Waals surface area contributed by atoms with Crippen LogP contribution in [0.2, 0.25) is 0 Å². The predicted octanol–water partition coefficient (Wildman–Crippen LogP) is 5.69. The molecular formula is C27H21FN2O4S. The van der Waals surface area contributed by atoms with Gasteiger partial charge in [0.1, 0.15) is 17.3 Å². The molecule has 1 N–H and O–H groups in total. The average Bonchev–Trinajstić information content (AvgIpc) is 3.33. The number of Topliss-reactive ketones (excluding diaryl/α,β-unsaturated/α-hetero) is 1. The van der Waals surface area contributed by atoms with Crippen LogP contribution in [0.15, 0.2) is 66.2 Å². The van der Waals surface area contributed by atoms with Crippen molar-refractivity contribution in [2.24, 2.45) is 0 Å². The lowest BCUT2D eigenvalue weighted by atomic mass is 9.94. The first-order valence-electron chi connectivity index (χ1n) is 10.9. The topological polar surface area (TPSA) is 79.7 Å². The van der Waals surface area contributed by atoms with Gasteiger partial charge in [-0.3, -0.25) is 14.5 Å². The minimum Gasteiger partial charge on any atom is -0.507 e.